The summed E-state index contributed by atoms with van der Waals surface area (Å²) in [5.41, 5.74) is 1.46. The number of rotatable bonds is 5. The number of hydrogen-bond acceptors (Lipinski definition) is 5. The molecule has 0 radical (unpaired) electrons. The third-order valence-corrected chi connectivity index (χ3v) is 5.10. The Balaban J connectivity index is 2.00. The van der Waals surface area contributed by atoms with Crippen LogP contribution in [0.15, 0.2) is 82.6 Å². The van der Waals surface area contributed by atoms with Crippen LogP contribution in [-0.2, 0) is 0 Å². The highest BCUT2D eigenvalue weighted by Crippen LogP contribution is 2.38. The van der Waals surface area contributed by atoms with Crippen molar-refractivity contribution in [1.29, 1.82) is 0 Å². The Morgan fingerprint density at radius 1 is 1.00 bits per heavy atom. The van der Waals surface area contributed by atoms with E-state index in [2.05, 4.69) is 5.10 Å². The summed E-state index contributed by atoms with van der Waals surface area (Å²) in [6.45, 7) is 0. The van der Waals surface area contributed by atoms with Crippen molar-refractivity contribution in [2.75, 3.05) is 0 Å². The van der Waals surface area contributed by atoms with Gasteiger partial charge in [0.2, 0.25) is 0 Å². The summed E-state index contributed by atoms with van der Waals surface area (Å²) in [5, 5.41) is 16.5. The van der Waals surface area contributed by atoms with Gasteiger partial charge in [0.05, 0.1) is 16.1 Å². The summed E-state index contributed by atoms with van der Waals surface area (Å²) in [6, 6.07) is 21.7. The first-order valence-corrected chi connectivity index (χ1v) is 8.93. The zero-order valence-corrected chi connectivity index (χ0v) is 14.8. The van der Waals surface area contributed by atoms with E-state index >= 15 is 0 Å². The smallest absolute Gasteiger partial charge is 0.272 e. The minimum absolute atomic E-state index is 0.0459. The van der Waals surface area contributed by atoms with Gasteiger partial charge in [0.1, 0.15) is 5.69 Å². The molecule has 0 spiro atoms. The number of benzene rings is 3. The van der Waals surface area contributed by atoms with Gasteiger partial charge in [0.15, 0.2) is 6.29 Å². The third-order valence-electron chi connectivity index (χ3n) is 4.05. The molecule has 3 aromatic carbocycles. The highest BCUT2D eigenvalue weighted by atomic mass is 32.2. The van der Waals surface area contributed by atoms with Gasteiger partial charge in [0, 0.05) is 27.3 Å². The SMILES string of the molecule is O=Cc1nn(-c2ccccc2)c2cc([N+](=O)[O-])cc(Sc3ccccc3)c12. The largest absolute Gasteiger partial charge is 0.296 e. The molecule has 0 amide bonds. The number of nitrogens with zero attached hydrogens (tertiary/aromatic N) is 3. The van der Waals surface area contributed by atoms with Crippen LogP contribution in [0.1, 0.15) is 10.5 Å². The van der Waals surface area contributed by atoms with Gasteiger partial charge in [-0.15, -0.1) is 0 Å². The first-order valence-electron chi connectivity index (χ1n) is 8.12. The minimum atomic E-state index is -0.433. The van der Waals surface area contributed by atoms with Crippen molar-refractivity contribution < 1.29 is 9.72 Å². The number of hydrogen-bond donors (Lipinski definition) is 0. The van der Waals surface area contributed by atoms with Gasteiger partial charge in [0.25, 0.3) is 5.69 Å². The van der Waals surface area contributed by atoms with Crippen molar-refractivity contribution in [3.05, 3.63) is 88.6 Å². The van der Waals surface area contributed by atoms with E-state index in [9.17, 15) is 14.9 Å². The molecule has 0 saturated carbocycles. The monoisotopic (exact) mass is 375 g/mol. The molecule has 1 aromatic heterocycles. The lowest BCUT2D eigenvalue weighted by atomic mass is 10.2. The summed E-state index contributed by atoms with van der Waals surface area (Å²) in [4.78, 5) is 24.2. The average Bonchev–Trinajstić information content (AvgIpc) is 3.08. The molecule has 7 heteroatoms. The summed E-state index contributed by atoms with van der Waals surface area (Å²) in [7, 11) is 0. The fourth-order valence-electron chi connectivity index (χ4n) is 2.87. The maximum absolute atomic E-state index is 11.7. The number of aldehydes is 1. The van der Waals surface area contributed by atoms with Gasteiger partial charge >= 0.3 is 0 Å². The second-order valence-corrected chi connectivity index (χ2v) is 6.88. The second-order valence-electron chi connectivity index (χ2n) is 5.76. The third kappa shape index (κ3) is 3.20. The summed E-state index contributed by atoms with van der Waals surface area (Å²) >= 11 is 1.37. The topological polar surface area (TPSA) is 78.0 Å². The number of carbonyl (C=O) groups is 1. The van der Waals surface area contributed by atoms with E-state index in [0.717, 1.165) is 10.6 Å². The Morgan fingerprint density at radius 3 is 2.30 bits per heavy atom. The van der Waals surface area contributed by atoms with Crippen molar-refractivity contribution in [3.8, 4) is 5.69 Å². The van der Waals surface area contributed by atoms with E-state index in [1.165, 1.54) is 23.9 Å². The van der Waals surface area contributed by atoms with E-state index in [1.807, 2.05) is 60.7 Å². The van der Waals surface area contributed by atoms with E-state index < -0.39 is 4.92 Å². The molecule has 0 aliphatic carbocycles. The van der Waals surface area contributed by atoms with Crippen LogP contribution in [0, 0.1) is 10.1 Å². The van der Waals surface area contributed by atoms with E-state index in [4.69, 9.17) is 0 Å². The Labute approximate surface area is 158 Å². The Hall–Kier alpha value is -3.45. The molecule has 0 atom stereocenters. The van der Waals surface area contributed by atoms with Crippen LogP contribution >= 0.6 is 11.8 Å². The standard InChI is InChI=1S/C20H13N3O3S/c24-13-17-20-18(22(21-17)14-7-3-1-4-8-14)11-15(23(25)26)12-19(20)27-16-9-5-2-6-10-16/h1-13H. The molecule has 27 heavy (non-hydrogen) atoms. The highest BCUT2D eigenvalue weighted by molar-refractivity contribution is 7.99. The zero-order chi connectivity index (χ0) is 18.8. The van der Waals surface area contributed by atoms with Crippen LogP contribution in [0.25, 0.3) is 16.6 Å². The predicted molar refractivity (Wildman–Crippen MR) is 104 cm³/mol. The molecule has 0 aliphatic heterocycles. The average molecular weight is 375 g/mol. The summed E-state index contributed by atoms with van der Waals surface area (Å²) in [5.74, 6) is 0. The van der Waals surface area contributed by atoms with E-state index in [1.54, 1.807) is 4.68 Å². The van der Waals surface area contributed by atoms with Crippen LogP contribution in [-0.4, -0.2) is 21.0 Å². The number of nitro benzene ring substituents is 1. The molecule has 132 valence electrons. The number of carbonyl (C=O) groups excluding carboxylic acids is 1. The van der Waals surface area contributed by atoms with Crippen molar-refractivity contribution in [2.45, 2.75) is 9.79 Å². The van der Waals surface area contributed by atoms with Crippen LogP contribution in [0.5, 0.6) is 0 Å². The van der Waals surface area contributed by atoms with Gasteiger partial charge in [-0.25, -0.2) is 4.68 Å². The van der Waals surface area contributed by atoms with Crippen LogP contribution < -0.4 is 0 Å². The van der Waals surface area contributed by atoms with Crippen LogP contribution in [0.4, 0.5) is 5.69 Å². The molecule has 0 saturated heterocycles. The number of para-hydroxylation sites is 1. The maximum Gasteiger partial charge on any atom is 0.272 e. The van der Waals surface area contributed by atoms with E-state index in [-0.39, 0.29) is 11.4 Å². The number of non-ortho nitro benzene ring substituents is 1. The molecule has 6 nitrogen and oxygen atoms in total. The molecule has 4 rings (SSSR count). The zero-order valence-electron chi connectivity index (χ0n) is 14.0. The van der Waals surface area contributed by atoms with Crippen molar-refractivity contribution in [3.63, 3.8) is 0 Å². The first-order chi connectivity index (χ1) is 13.2. The summed E-state index contributed by atoms with van der Waals surface area (Å²) < 4.78 is 1.57. The molecule has 0 N–H and O–H groups in total. The van der Waals surface area contributed by atoms with Gasteiger partial charge in [-0.05, 0) is 24.3 Å². The number of fused-ring (bicyclic) bond motifs is 1. The van der Waals surface area contributed by atoms with Gasteiger partial charge in [-0.3, -0.25) is 14.9 Å². The lowest BCUT2D eigenvalue weighted by Gasteiger charge is -2.06. The predicted octanol–water partition coefficient (Wildman–Crippen LogP) is 4.90. The highest BCUT2D eigenvalue weighted by Gasteiger charge is 2.21. The van der Waals surface area contributed by atoms with Crippen LogP contribution in [0.3, 0.4) is 0 Å². The van der Waals surface area contributed by atoms with E-state index in [0.29, 0.717) is 22.1 Å². The van der Waals surface area contributed by atoms with Crippen molar-refractivity contribution in [1.82, 2.24) is 9.78 Å². The Kier molecular flexibility index (Phi) is 4.43. The molecule has 0 fully saturated rings. The minimum Gasteiger partial charge on any atom is -0.296 e. The second kappa shape index (κ2) is 7.05. The fraction of sp³-hybridized carbons (Fsp3) is 0. The van der Waals surface area contributed by atoms with Gasteiger partial charge in [-0.1, -0.05) is 48.2 Å². The quantitative estimate of drug-likeness (QED) is 0.282. The maximum atomic E-state index is 11.7. The number of nitro groups is 1. The molecular formula is C20H13N3O3S. The van der Waals surface area contributed by atoms with Crippen molar-refractivity contribution >= 4 is 34.6 Å². The Morgan fingerprint density at radius 2 is 1.67 bits per heavy atom. The molecule has 0 aliphatic rings. The molecule has 1 heterocycles. The van der Waals surface area contributed by atoms with Gasteiger partial charge in [-0.2, -0.15) is 5.10 Å². The lowest BCUT2D eigenvalue weighted by Crippen LogP contribution is -1.97. The first kappa shape index (κ1) is 17.0. The van der Waals surface area contributed by atoms with Gasteiger partial charge < -0.3 is 0 Å². The van der Waals surface area contributed by atoms with Crippen LogP contribution in [0.2, 0.25) is 0 Å². The summed E-state index contributed by atoms with van der Waals surface area (Å²) in [6.07, 6.45) is 0.683. The number of aromatic nitrogens is 2. The molecular weight excluding hydrogens is 362 g/mol. The molecule has 0 bridgehead atoms. The van der Waals surface area contributed by atoms with Crippen molar-refractivity contribution in [2.24, 2.45) is 0 Å². The molecule has 4 aromatic rings. The normalized spacial score (nSPS) is 10.8. The Bertz CT molecular complexity index is 1140. The molecule has 0 unspecified atom stereocenters. The lowest BCUT2D eigenvalue weighted by molar-refractivity contribution is -0.384. The fourth-order valence-corrected chi connectivity index (χ4v) is 3.91.